The molecular weight excluding hydrogens is 477 g/mol. The normalized spacial score (nSPS) is 17.1. The Bertz CT molecular complexity index is 564. The molecule has 2 rings (SSSR count). The molecule has 1 fully saturated rings. The van der Waals surface area contributed by atoms with E-state index in [1.54, 1.807) is 7.11 Å². The van der Waals surface area contributed by atoms with E-state index >= 15 is 0 Å². The fourth-order valence-electron chi connectivity index (χ4n) is 3.56. The van der Waals surface area contributed by atoms with Crippen LogP contribution in [0.5, 0.6) is 0 Å². The molecular formula is C22H40IN5O. The molecule has 0 amide bonds. The summed E-state index contributed by atoms with van der Waals surface area (Å²) in [6, 6.07) is 11.7. The summed E-state index contributed by atoms with van der Waals surface area (Å²) in [6.45, 7) is 8.29. The fraction of sp³-hybridized carbons (Fsp3) is 0.682. The Kier molecular flexibility index (Phi) is 13.5. The van der Waals surface area contributed by atoms with Crippen LogP contribution in [0.2, 0.25) is 0 Å². The Hall–Kier alpha value is -0.900. The van der Waals surface area contributed by atoms with Crippen LogP contribution in [0.25, 0.3) is 0 Å². The number of hydrogen-bond donors (Lipinski definition) is 2. The van der Waals surface area contributed by atoms with E-state index in [0.29, 0.717) is 12.1 Å². The first kappa shape index (κ1) is 26.1. The van der Waals surface area contributed by atoms with Gasteiger partial charge in [-0.05, 0) is 38.8 Å². The summed E-state index contributed by atoms with van der Waals surface area (Å²) in [4.78, 5) is 9.29. The second-order valence-corrected chi connectivity index (χ2v) is 7.79. The maximum Gasteiger partial charge on any atom is 0.191 e. The third-order valence-electron chi connectivity index (χ3n) is 5.65. The first-order valence-electron chi connectivity index (χ1n) is 10.5. The SMILES string of the molecule is CN=C(NCCC(C)N(C)Cc1ccccc1)NC1CCN(CCOC)CC1.I. The fourth-order valence-corrected chi connectivity index (χ4v) is 3.56. The highest BCUT2D eigenvalue weighted by Gasteiger charge is 2.19. The van der Waals surface area contributed by atoms with Crippen LogP contribution in [0.3, 0.4) is 0 Å². The van der Waals surface area contributed by atoms with Crippen LogP contribution < -0.4 is 10.6 Å². The first-order chi connectivity index (χ1) is 13.6. The van der Waals surface area contributed by atoms with E-state index < -0.39 is 0 Å². The number of hydrogen-bond acceptors (Lipinski definition) is 4. The smallest absolute Gasteiger partial charge is 0.191 e. The molecule has 29 heavy (non-hydrogen) atoms. The summed E-state index contributed by atoms with van der Waals surface area (Å²) >= 11 is 0. The third-order valence-corrected chi connectivity index (χ3v) is 5.65. The number of methoxy groups -OCH3 is 1. The van der Waals surface area contributed by atoms with Crippen molar-refractivity contribution in [3.63, 3.8) is 0 Å². The van der Waals surface area contributed by atoms with Gasteiger partial charge < -0.3 is 20.3 Å². The van der Waals surface area contributed by atoms with Crippen molar-refractivity contribution >= 4 is 29.9 Å². The van der Waals surface area contributed by atoms with E-state index in [1.807, 2.05) is 7.05 Å². The molecule has 1 aromatic rings. The van der Waals surface area contributed by atoms with Gasteiger partial charge in [-0.3, -0.25) is 9.89 Å². The van der Waals surface area contributed by atoms with Crippen LogP contribution in [-0.2, 0) is 11.3 Å². The topological polar surface area (TPSA) is 52.1 Å². The van der Waals surface area contributed by atoms with Gasteiger partial charge >= 0.3 is 0 Å². The molecule has 1 saturated heterocycles. The van der Waals surface area contributed by atoms with Gasteiger partial charge in [-0.2, -0.15) is 0 Å². The van der Waals surface area contributed by atoms with Crippen molar-refractivity contribution in [1.29, 1.82) is 0 Å². The van der Waals surface area contributed by atoms with E-state index in [1.165, 1.54) is 5.56 Å². The first-order valence-corrected chi connectivity index (χ1v) is 10.5. The van der Waals surface area contributed by atoms with Crippen molar-refractivity contribution in [2.45, 2.75) is 44.8 Å². The minimum Gasteiger partial charge on any atom is -0.383 e. The van der Waals surface area contributed by atoms with E-state index in [9.17, 15) is 0 Å². The number of nitrogens with one attached hydrogen (secondary N) is 2. The number of likely N-dealkylation sites (tertiary alicyclic amines) is 1. The highest BCUT2D eigenvalue weighted by molar-refractivity contribution is 14.0. The van der Waals surface area contributed by atoms with Gasteiger partial charge in [-0.25, -0.2) is 0 Å². The molecule has 1 aliphatic heterocycles. The maximum atomic E-state index is 5.18. The number of piperidine rings is 1. The van der Waals surface area contributed by atoms with Crippen molar-refractivity contribution < 1.29 is 4.74 Å². The highest BCUT2D eigenvalue weighted by atomic mass is 127. The number of guanidine groups is 1. The average Bonchev–Trinajstić information content (AvgIpc) is 2.73. The molecule has 0 bridgehead atoms. The summed E-state index contributed by atoms with van der Waals surface area (Å²) in [6.07, 6.45) is 3.39. The van der Waals surface area contributed by atoms with Crippen LogP contribution >= 0.6 is 24.0 Å². The van der Waals surface area contributed by atoms with Gasteiger partial charge in [0.1, 0.15) is 0 Å². The molecule has 6 nitrogen and oxygen atoms in total. The number of nitrogens with zero attached hydrogens (tertiary/aromatic N) is 3. The largest absolute Gasteiger partial charge is 0.383 e. The number of aliphatic imine (C=N–C) groups is 1. The molecule has 1 atom stereocenters. The summed E-state index contributed by atoms with van der Waals surface area (Å²) in [5.74, 6) is 0.924. The van der Waals surface area contributed by atoms with Gasteiger partial charge in [0.25, 0.3) is 0 Å². The maximum absolute atomic E-state index is 5.18. The Morgan fingerprint density at radius 2 is 1.97 bits per heavy atom. The second-order valence-electron chi connectivity index (χ2n) is 7.79. The lowest BCUT2D eigenvalue weighted by Gasteiger charge is -2.33. The van der Waals surface area contributed by atoms with Crippen LogP contribution in [0, 0.1) is 0 Å². The van der Waals surface area contributed by atoms with Gasteiger partial charge in [-0.15, -0.1) is 24.0 Å². The van der Waals surface area contributed by atoms with Crippen LogP contribution in [0.4, 0.5) is 0 Å². The van der Waals surface area contributed by atoms with E-state index in [-0.39, 0.29) is 24.0 Å². The van der Waals surface area contributed by atoms with Gasteiger partial charge in [0, 0.05) is 59.0 Å². The standard InChI is InChI=1S/C22H39N5O.HI/c1-19(26(3)18-20-8-6-5-7-9-20)10-13-24-22(23-2)25-21-11-14-27(15-12-21)16-17-28-4;/h5-9,19,21H,10-18H2,1-4H3,(H2,23,24,25);1H. The van der Waals surface area contributed by atoms with Gasteiger partial charge in [0.05, 0.1) is 6.61 Å². The van der Waals surface area contributed by atoms with Gasteiger partial charge in [0.2, 0.25) is 0 Å². The van der Waals surface area contributed by atoms with Crippen molar-refractivity contribution in [2.75, 3.05) is 54.0 Å². The van der Waals surface area contributed by atoms with Crippen molar-refractivity contribution in [1.82, 2.24) is 20.4 Å². The van der Waals surface area contributed by atoms with Crippen molar-refractivity contribution in [3.05, 3.63) is 35.9 Å². The zero-order chi connectivity index (χ0) is 20.2. The van der Waals surface area contributed by atoms with Crippen molar-refractivity contribution in [3.8, 4) is 0 Å². The highest BCUT2D eigenvalue weighted by Crippen LogP contribution is 2.10. The molecule has 1 unspecified atom stereocenters. The summed E-state index contributed by atoms with van der Waals surface area (Å²) in [7, 11) is 5.82. The Balaban J connectivity index is 0.00000420. The molecule has 0 aromatic heterocycles. The van der Waals surface area contributed by atoms with E-state index in [0.717, 1.165) is 64.6 Å². The molecule has 7 heteroatoms. The summed E-state index contributed by atoms with van der Waals surface area (Å²) in [5.41, 5.74) is 1.36. The molecule has 1 aliphatic rings. The molecule has 2 N–H and O–H groups in total. The third kappa shape index (κ3) is 10.1. The zero-order valence-corrected chi connectivity index (χ0v) is 20.9. The van der Waals surface area contributed by atoms with Crippen LogP contribution in [0.15, 0.2) is 35.3 Å². The molecule has 166 valence electrons. The number of rotatable bonds is 10. The Morgan fingerprint density at radius 1 is 1.28 bits per heavy atom. The van der Waals surface area contributed by atoms with Crippen molar-refractivity contribution in [2.24, 2.45) is 4.99 Å². The molecule has 0 radical (unpaired) electrons. The molecule has 1 aromatic carbocycles. The average molecular weight is 518 g/mol. The Labute approximate surface area is 194 Å². The molecule has 0 aliphatic carbocycles. The molecule has 0 saturated carbocycles. The molecule has 0 spiro atoms. The van der Waals surface area contributed by atoms with Crippen LogP contribution in [-0.4, -0.2) is 81.8 Å². The summed E-state index contributed by atoms with van der Waals surface area (Å²) in [5, 5.41) is 7.08. The van der Waals surface area contributed by atoms with Gasteiger partial charge in [0.15, 0.2) is 5.96 Å². The predicted octanol–water partition coefficient (Wildman–Crippen LogP) is 2.79. The zero-order valence-electron chi connectivity index (χ0n) is 18.6. The van der Waals surface area contributed by atoms with E-state index in [2.05, 4.69) is 69.7 Å². The predicted molar refractivity (Wildman–Crippen MR) is 133 cm³/mol. The number of halogens is 1. The lowest BCUT2D eigenvalue weighted by Crippen LogP contribution is -2.49. The minimum absolute atomic E-state index is 0. The summed E-state index contributed by atoms with van der Waals surface area (Å²) < 4.78 is 5.18. The van der Waals surface area contributed by atoms with Gasteiger partial charge in [-0.1, -0.05) is 30.3 Å². The second kappa shape index (κ2) is 15.0. The monoisotopic (exact) mass is 517 g/mol. The van der Waals surface area contributed by atoms with E-state index in [4.69, 9.17) is 4.74 Å². The minimum atomic E-state index is 0. The number of ether oxygens (including phenoxy) is 1. The van der Waals surface area contributed by atoms with Crippen LogP contribution in [0.1, 0.15) is 31.7 Å². The lowest BCUT2D eigenvalue weighted by molar-refractivity contribution is 0.128. The lowest BCUT2D eigenvalue weighted by atomic mass is 10.1. The molecule has 1 heterocycles. The Morgan fingerprint density at radius 3 is 2.59 bits per heavy atom. The number of benzene rings is 1. The quantitative estimate of drug-likeness (QED) is 0.284.